The second kappa shape index (κ2) is 8.23. The lowest BCUT2D eigenvalue weighted by Gasteiger charge is -2.39. The number of hydrogen-bond acceptors (Lipinski definition) is 8. The van der Waals surface area contributed by atoms with Crippen LogP contribution < -0.4 is 5.32 Å². The average Bonchev–Trinajstić information content (AvgIpc) is 3.55. The highest BCUT2D eigenvalue weighted by molar-refractivity contribution is 6.48. The van der Waals surface area contributed by atoms with Crippen molar-refractivity contribution in [3.8, 4) is 11.4 Å². The smallest absolute Gasteiger partial charge is 0.272 e. The van der Waals surface area contributed by atoms with Crippen molar-refractivity contribution in [1.29, 1.82) is 0 Å². The van der Waals surface area contributed by atoms with E-state index in [2.05, 4.69) is 35.9 Å². The van der Waals surface area contributed by atoms with E-state index in [-0.39, 0.29) is 40.4 Å². The molecule has 3 aromatic heterocycles. The van der Waals surface area contributed by atoms with Crippen LogP contribution in [0.25, 0.3) is 22.3 Å². The molecule has 1 fully saturated rings. The maximum absolute atomic E-state index is 14.8. The molecule has 0 aliphatic carbocycles. The summed E-state index contributed by atoms with van der Waals surface area (Å²) in [6, 6.07) is 7.62. The van der Waals surface area contributed by atoms with E-state index >= 15 is 0 Å². The van der Waals surface area contributed by atoms with Crippen molar-refractivity contribution in [3.05, 3.63) is 59.8 Å². The molecule has 1 saturated heterocycles. The first-order valence-electron chi connectivity index (χ1n) is 10.5. The Kier molecular flexibility index (Phi) is 5.21. The Morgan fingerprint density at radius 3 is 2.76 bits per heavy atom. The first-order chi connectivity index (χ1) is 16.4. The number of aromatic nitrogens is 6. The first-order valence-corrected chi connectivity index (χ1v) is 10.5. The average molecular weight is 462 g/mol. The summed E-state index contributed by atoms with van der Waals surface area (Å²) in [4.78, 5) is 47.9. The van der Waals surface area contributed by atoms with Crippen LogP contribution in [0.4, 0.5) is 4.39 Å². The zero-order valence-electron chi connectivity index (χ0n) is 18.0. The number of fused-ring (bicyclic) bond motifs is 1. The second-order valence-corrected chi connectivity index (χ2v) is 8.14. The van der Waals surface area contributed by atoms with Gasteiger partial charge in [0.25, 0.3) is 5.91 Å². The van der Waals surface area contributed by atoms with Gasteiger partial charge < -0.3 is 15.2 Å². The maximum atomic E-state index is 14.8. The van der Waals surface area contributed by atoms with Crippen LogP contribution in [-0.4, -0.2) is 78.1 Å². The van der Waals surface area contributed by atoms with Gasteiger partial charge in [0, 0.05) is 43.0 Å². The fraction of sp³-hybridized carbons (Fsp3) is 0.227. The number of tetrazole rings is 1. The van der Waals surface area contributed by atoms with Crippen molar-refractivity contribution in [2.24, 2.45) is 0 Å². The van der Waals surface area contributed by atoms with Crippen LogP contribution in [0, 0.1) is 5.82 Å². The summed E-state index contributed by atoms with van der Waals surface area (Å²) in [5.74, 6) is -2.46. The summed E-state index contributed by atoms with van der Waals surface area (Å²) in [5.41, 5.74) is -0.528. The quantitative estimate of drug-likeness (QED) is 0.295. The molecule has 3 N–H and O–H groups in total. The molecule has 34 heavy (non-hydrogen) atoms. The van der Waals surface area contributed by atoms with Gasteiger partial charge in [-0.15, -0.1) is 10.2 Å². The molecule has 0 bridgehead atoms. The molecule has 1 amide bonds. The minimum atomic E-state index is -1.36. The van der Waals surface area contributed by atoms with Gasteiger partial charge in [-0.2, -0.15) is 5.21 Å². The van der Waals surface area contributed by atoms with Crippen LogP contribution in [0.15, 0.2) is 42.7 Å². The Morgan fingerprint density at radius 1 is 1.18 bits per heavy atom. The normalized spacial score (nSPS) is 18.2. The number of Topliss-reactive ketones (excluding diaryl/α,β-unsaturated/α-hetero) is 2. The summed E-state index contributed by atoms with van der Waals surface area (Å²) >= 11 is 0. The van der Waals surface area contributed by atoms with Crippen LogP contribution >= 0.6 is 0 Å². The number of rotatable bonds is 5. The molecule has 1 aromatic carbocycles. The highest BCUT2D eigenvalue weighted by Gasteiger charge is 2.43. The molecular weight excluding hydrogens is 443 g/mol. The lowest BCUT2D eigenvalue weighted by atomic mass is 9.88. The predicted molar refractivity (Wildman–Crippen MR) is 117 cm³/mol. The molecule has 1 aliphatic rings. The largest absolute Gasteiger partial charge is 0.360 e. The van der Waals surface area contributed by atoms with E-state index in [9.17, 15) is 18.8 Å². The van der Waals surface area contributed by atoms with E-state index in [1.807, 2.05) is 0 Å². The molecule has 0 radical (unpaired) electrons. The van der Waals surface area contributed by atoms with Crippen LogP contribution in [0.5, 0.6) is 0 Å². The van der Waals surface area contributed by atoms with Gasteiger partial charge in [0.05, 0.1) is 11.1 Å². The summed E-state index contributed by atoms with van der Waals surface area (Å²) in [6.45, 7) is 2.17. The summed E-state index contributed by atoms with van der Waals surface area (Å²) < 4.78 is 14.8. The topological polar surface area (TPSA) is 150 Å². The van der Waals surface area contributed by atoms with E-state index in [4.69, 9.17) is 0 Å². The Morgan fingerprint density at radius 2 is 2.03 bits per heavy atom. The Labute approximate surface area is 191 Å². The monoisotopic (exact) mass is 462 g/mol. The Balaban J connectivity index is 1.45. The molecule has 172 valence electrons. The Hall–Kier alpha value is -4.32. The van der Waals surface area contributed by atoms with Gasteiger partial charge >= 0.3 is 0 Å². The minimum absolute atomic E-state index is 0.0358. The van der Waals surface area contributed by atoms with E-state index in [1.165, 1.54) is 29.4 Å². The number of hydrogen-bond donors (Lipinski definition) is 3. The molecular formula is C22H19FN8O3. The molecule has 4 heterocycles. The molecule has 11 nitrogen and oxygen atoms in total. The van der Waals surface area contributed by atoms with Crippen LogP contribution in [0.2, 0.25) is 0 Å². The van der Waals surface area contributed by atoms with E-state index < -0.39 is 22.9 Å². The highest BCUT2D eigenvalue weighted by Crippen LogP contribution is 2.31. The lowest BCUT2D eigenvalue weighted by molar-refractivity contribution is -0.121. The van der Waals surface area contributed by atoms with Gasteiger partial charge in [0.15, 0.2) is 0 Å². The van der Waals surface area contributed by atoms with Crippen molar-refractivity contribution in [1.82, 2.24) is 40.8 Å². The number of aromatic amines is 2. The summed E-state index contributed by atoms with van der Waals surface area (Å²) in [6.07, 6.45) is 2.80. The zero-order valence-corrected chi connectivity index (χ0v) is 18.0. The van der Waals surface area contributed by atoms with Crippen molar-refractivity contribution in [3.63, 3.8) is 0 Å². The van der Waals surface area contributed by atoms with Gasteiger partial charge in [-0.05, 0) is 36.4 Å². The molecule has 1 atom stereocenters. The minimum Gasteiger partial charge on any atom is -0.360 e. The van der Waals surface area contributed by atoms with Crippen LogP contribution in [0.3, 0.4) is 0 Å². The number of halogens is 1. The number of carbonyl (C=O) groups excluding carboxylic acids is 3. The number of benzene rings is 1. The van der Waals surface area contributed by atoms with Crippen molar-refractivity contribution in [2.75, 3.05) is 19.6 Å². The predicted octanol–water partition coefficient (Wildman–Crippen LogP) is 1.14. The molecule has 0 spiro atoms. The number of amides is 1. The summed E-state index contributed by atoms with van der Waals surface area (Å²) in [5, 5.41) is 16.6. The molecule has 1 aliphatic heterocycles. The Bertz CT molecular complexity index is 1400. The molecule has 12 heteroatoms. The van der Waals surface area contributed by atoms with Gasteiger partial charge in [-0.3, -0.25) is 19.4 Å². The third-order valence-electron chi connectivity index (χ3n) is 5.90. The first kappa shape index (κ1) is 21.5. The fourth-order valence-corrected chi connectivity index (χ4v) is 4.18. The number of nitrogens with one attached hydrogen (secondary N) is 3. The highest BCUT2D eigenvalue weighted by atomic mass is 19.1. The van der Waals surface area contributed by atoms with Gasteiger partial charge in [-0.25, -0.2) is 4.39 Å². The number of pyridine rings is 1. The molecule has 0 saturated carbocycles. The lowest BCUT2D eigenvalue weighted by Crippen LogP contribution is -2.65. The van der Waals surface area contributed by atoms with E-state index in [1.54, 1.807) is 25.1 Å². The fourth-order valence-electron chi connectivity index (χ4n) is 4.18. The molecule has 5 rings (SSSR count). The standard InChI is InChI=1S/C22H19FN8O3/c1-22(11-31(9-8-26-22)21(34)15-4-2-3-7-24-15)19(33)18(32)13-10-25-17-12(20-27-29-30-28-20)5-6-14(23)16(13)17/h2-7,10,25-26H,8-9,11H2,1H3,(H,27,28,29,30)/t22-/m1/s1. The van der Waals surface area contributed by atoms with Gasteiger partial charge in [0.1, 0.15) is 17.1 Å². The zero-order chi connectivity index (χ0) is 23.9. The third kappa shape index (κ3) is 3.53. The van der Waals surface area contributed by atoms with E-state index in [0.29, 0.717) is 18.7 Å². The van der Waals surface area contributed by atoms with Gasteiger partial charge in [0.2, 0.25) is 17.4 Å². The number of piperazine rings is 1. The second-order valence-electron chi connectivity index (χ2n) is 8.14. The van der Waals surface area contributed by atoms with Gasteiger partial charge in [-0.1, -0.05) is 6.07 Å². The van der Waals surface area contributed by atoms with Crippen LogP contribution in [-0.2, 0) is 4.79 Å². The third-order valence-corrected chi connectivity index (χ3v) is 5.90. The molecule has 4 aromatic rings. The number of H-pyrrole nitrogens is 2. The van der Waals surface area contributed by atoms with E-state index in [0.717, 1.165) is 0 Å². The number of carbonyl (C=O) groups is 3. The maximum Gasteiger partial charge on any atom is 0.272 e. The SMILES string of the molecule is C[C@]1(C(=O)C(=O)c2c[nH]c3c(-c4nn[nH]n4)ccc(F)c23)CN(C(=O)c2ccccn2)CCN1. The summed E-state index contributed by atoms with van der Waals surface area (Å²) in [7, 11) is 0. The van der Waals surface area contributed by atoms with Crippen LogP contribution in [0.1, 0.15) is 27.8 Å². The molecule has 0 unspecified atom stereocenters. The number of ketones is 2. The van der Waals surface area contributed by atoms with Crippen molar-refractivity contribution >= 4 is 28.4 Å². The van der Waals surface area contributed by atoms with Crippen molar-refractivity contribution in [2.45, 2.75) is 12.5 Å². The van der Waals surface area contributed by atoms with Crippen molar-refractivity contribution < 1.29 is 18.8 Å². The number of nitrogens with zero attached hydrogens (tertiary/aromatic N) is 5.